The Hall–Kier alpha value is -2.17. The van der Waals surface area contributed by atoms with E-state index in [1.54, 1.807) is 4.68 Å². The molecular weight excluding hydrogens is 254 g/mol. The molecule has 3 rings (SSSR count). The quantitative estimate of drug-likeness (QED) is 0.934. The molecule has 0 radical (unpaired) electrons. The average molecular weight is 273 g/mol. The van der Waals surface area contributed by atoms with E-state index in [-0.39, 0.29) is 6.79 Å². The van der Waals surface area contributed by atoms with Crippen LogP contribution in [0.2, 0.25) is 0 Å². The van der Waals surface area contributed by atoms with Crippen LogP contribution in [-0.2, 0) is 7.05 Å². The number of aryl methyl sites for hydroxylation is 1. The third-order valence-electron chi connectivity index (χ3n) is 3.86. The van der Waals surface area contributed by atoms with Gasteiger partial charge in [-0.15, -0.1) is 0 Å². The molecule has 1 aliphatic rings. The van der Waals surface area contributed by atoms with Gasteiger partial charge in [-0.3, -0.25) is 4.68 Å². The van der Waals surface area contributed by atoms with Gasteiger partial charge in [-0.2, -0.15) is 5.10 Å². The highest BCUT2D eigenvalue weighted by molar-refractivity contribution is 5.79. The van der Waals surface area contributed by atoms with Crippen LogP contribution in [-0.4, -0.2) is 16.6 Å². The number of nitrogens with two attached hydrogens (primary N) is 1. The number of ether oxygens (including phenoxy) is 2. The lowest BCUT2D eigenvalue weighted by molar-refractivity contribution is 0.174. The van der Waals surface area contributed by atoms with E-state index in [1.807, 2.05) is 25.2 Å². The van der Waals surface area contributed by atoms with Crippen molar-refractivity contribution in [3.05, 3.63) is 23.9 Å². The highest BCUT2D eigenvalue weighted by atomic mass is 16.7. The van der Waals surface area contributed by atoms with Crippen molar-refractivity contribution in [3.8, 4) is 22.6 Å². The van der Waals surface area contributed by atoms with Crippen molar-refractivity contribution < 1.29 is 9.47 Å². The van der Waals surface area contributed by atoms with Crippen LogP contribution in [0.3, 0.4) is 0 Å². The van der Waals surface area contributed by atoms with E-state index in [2.05, 4.69) is 18.9 Å². The van der Waals surface area contributed by atoms with Crippen LogP contribution in [0.5, 0.6) is 11.5 Å². The van der Waals surface area contributed by atoms with Crippen molar-refractivity contribution in [2.45, 2.75) is 26.2 Å². The monoisotopic (exact) mass is 273 g/mol. The largest absolute Gasteiger partial charge is 0.454 e. The minimum atomic E-state index is 0.277. The third-order valence-corrected chi connectivity index (χ3v) is 3.86. The van der Waals surface area contributed by atoms with Crippen molar-refractivity contribution in [2.24, 2.45) is 7.05 Å². The molecule has 0 saturated heterocycles. The number of nitrogen functional groups attached to an aromatic ring is 1. The lowest BCUT2D eigenvalue weighted by atomic mass is 9.96. The topological polar surface area (TPSA) is 62.3 Å². The molecule has 1 aliphatic heterocycles. The van der Waals surface area contributed by atoms with Gasteiger partial charge in [0.05, 0.1) is 5.69 Å². The SMILES string of the molecule is CCC(C)c1nn(C)c(N)c1-c1ccc2c(c1)OCO2. The molecule has 0 bridgehead atoms. The number of aromatic nitrogens is 2. The van der Waals surface area contributed by atoms with Gasteiger partial charge in [0, 0.05) is 18.5 Å². The van der Waals surface area contributed by atoms with Gasteiger partial charge in [0.2, 0.25) is 6.79 Å². The van der Waals surface area contributed by atoms with Gasteiger partial charge in [-0.25, -0.2) is 0 Å². The fourth-order valence-electron chi connectivity index (χ4n) is 2.44. The van der Waals surface area contributed by atoms with Gasteiger partial charge in [-0.05, 0) is 24.1 Å². The summed E-state index contributed by atoms with van der Waals surface area (Å²) in [6.45, 7) is 4.59. The molecule has 0 aliphatic carbocycles. The van der Waals surface area contributed by atoms with Crippen LogP contribution in [0.1, 0.15) is 31.9 Å². The lowest BCUT2D eigenvalue weighted by Crippen LogP contribution is -1.98. The molecule has 5 heteroatoms. The Morgan fingerprint density at radius 3 is 2.85 bits per heavy atom. The Morgan fingerprint density at radius 2 is 2.10 bits per heavy atom. The van der Waals surface area contributed by atoms with Crippen LogP contribution in [0.25, 0.3) is 11.1 Å². The lowest BCUT2D eigenvalue weighted by Gasteiger charge is -2.09. The molecule has 1 aromatic carbocycles. The predicted molar refractivity (Wildman–Crippen MR) is 77.9 cm³/mol. The zero-order valence-electron chi connectivity index (χ0n) is 12.0. The molecule has 1 aromatic heterocycles. The van der Waals surface area contributed by atoms with Crippen molar-refractivity contribution in [3.63, 3.8) is 0 Å². The standard InChI is InChI=1S/C15H19N3O2/c1-4-9(2)14-13(15(16)18(3)17-14)10-5-6-11-12(7-10)20-8-19-11/h5-7,9H,4,8,16H2,1-3H3. The summed E-state index contributed by atoms with van der Waals surface area (Å²) in [7, 11) is 1.87. The Morgan fingerprint density at radius 1 is 1.35 bits per heavy atom. The van der Waals surface area contributed by atoms with E-state index in [4.69, 9.17) is 15.2 Å². The van der Waals surface area contributed by atoms with Crippen LogP contribution in [0.15, 0.2) is 18.2 Å². The molecule has 20 heavy (non-hydrogen) atoms. The first-order valence-electron chi connectivity index (χ1n) is 6.84. The van der Waals surface area contributed by atoms with Crippen molar-refractivity contribution in [1.29, 1.82) is 0 Å². The van der Waals surface area contributed by atoms with E-state index in [1.165, 1.54) is 0 Å². The molecule has 2 N–H and O–H groups in total. The summed E-state index contributed by atoms with van der Waals surface area (Å²) >= 11 is 0. The minimum Gasteiger partial charge on any atom is -0.454 e. The van der Waals surface area contributed by atoms with E-state index in [0.29, 0.717) is 11.7 Å². The summed E-state index contributed by atoms with van der Waals surface area (Å²) in [5.74, 6) is 2.58. The van der Waals surface area contributed by atoms with Gasteiger partial charge in [0.1, 0.15) is 5.82 Å². The van der Waals surface area contributed by atoms with Crippen LogP contribution in [0.4, 0.5) is 5.82 Å². The molecule has 0 amide bonds. The second-order valence-electron chi connectivity index (χ2n) is 5.15. The molecule has 0 saturated carbocycles. The molecule has 0 fully saturated rings. The zero-order chi connectivity index (χ0) is 14.3. The molecule has 1 unspecified atom stereocenters. The van der Waals surface area contributed by atoms with Crippen LogP contribution < -0.4 is 15.2 Å². The summed E-state index contributed by atoms with van der Waals surface area (Å²) in [6.07, 6.45) is 1.02. The number of anilines is 1. The first-order chi connectivity index (χ1) is 9.61. The number of rotatable bonds is 3. The maximum absolute atomic E-state index is 6.20. The van der Waals surface area contributed by atoms with Crippen LogP contribution >= 0.6 is 0 Å². The van der Waals surface area contributed by atoms with E-state index < -0.39 is 0 Å². The molecule has 0 spiro atoms. The van der Waals surface area contributed by atoms with Gasteiger partial charge in [0.25, 0.3) is 0 Å². The summed E-state index contributed by atoms with van der Waals surface area (Å²) < 4.78 is 12.5. The number of benzene rings is 1. The normalized spacial score (nSPS) is 14.6. The molecular formula is C15H19N3O2. The number of fused-ring (bicyclic) bond motifs is 1. The highest BCUT2D eigenvalue weighted by Gasteiger charge is 2.22. The Balaban J connectivity index is 2.14. The fourth-order valence-corrected chi connectivity index (χ4v) is 2.44. The molecule has 5 nitrogen and oxygen atoms in total. The van der Waals surface area contributed by atoms with Gasteiger partial charge in [-0.1, -0.05) is 19.9 Å². The Labute approximate surface area is 118 Å². The van der Waals surface area contributed by atoms with E-state index in [9.17, 15) is 0 Å². The highest BCUT2D eigenvalue weighted by Crippen LogP contribution is 2.40. The van der Waals surface area contributed by atoms with Gasteiger partial charge in [0.15, 0.2) is 11.5 Å². The van der Waals surface area contributed by atoms with E-state index >= 15 is 0 Å². The van der Waals surface area contributed by atoms with Gasteiger partial charge < -0.3 is 15.2 Å². The number of hydrogen-bond donors (Lipinski definition) is 1. The third kappa shape index (κ3) is 1.90. The molecule has 2 aromatic rings. The maximum atomic E-state index is 6.20. The van der Waals surface area contributed by atoms with Crippen molar-refractivity contribution >= 4 is 5.82 Å². The number of hydrogen-bond acceptors (Lipinski definition) is 4. The van der Waals surface area contributed by atoms with Crippen molar-refractivity contribution in [2.75, 3.05) is 12.5 Å². The second-order valence-corrected chi connectivity index (χ2v) is 5.15. The van der Waals surface area contributed by atoms with Crippen LogP contribution in [0, 0.1) is 0 Å². The second kappa shape index (κ2) is 4.74. The average Bonchev–Trinajstić information content (AvgIpc) is 3.03. The minimum absolute atomic E-state index is 0.277. The first kappa shape index (κ1) is 12.8. The molecule has 2 heterocycles. The smallest absolute Gasteiger partial charge is 0.231 e. The van der Waals surface area contributed by atoms with Gasteiger partial charge >= 0.3 is 0 Å². The Bertz CT molecular complexity index is 649. The molecule has 106 valence electrons. The summed E-state index contributed by atoms with van der Waals surface area (Å²) in [6, 6.07) is 5.90. The number of nitrogens with zero attached hydrogens (tertiary/aromatic N) is 2. The van der Waals surface area contributed by atoms with E-state index in [0.717, 1.165) is 34.7 Å². The summed E-state index contributed by atoms with van der Waals surface area (Å²) in [5.41, 5.74) is 9.26. The van der Waals surface area contributed by atoms with Crippen molar-refractivity contribution in [1.82, 2.24) is 9.78 Å². The summed E-state index contributed by atoms with van der Waals surface area (Å²) in [5, 5.41) is 4.57. The molecule has 1 atom stereocenters. The predicted octanol–water partition coefficient (Wildman–Crippen LogP) is 2.91. The summed E-state index contributed by atoms with van der Waals surface area (Å²) in [4.78, 5) is 0. The fraction of sp³-hybridized carbons (Fsp3) is 0.400. The first-order valence-corrected chi connectivity index (χ1v) is 6.84. The zero-order valence-corrected chi connectivity index (χ0v) is 12.0. The Kier molecular flexibility index (Phi) is 3.04. The maximum Gasteiger partial charge on any atom is 0.231 e.